The van der Waals surface area contributed by atoms with Gasteiger partial charge in [0, 0.05) is 18.1 Å². The van der Waals surface area contributed by atoms with Crippen LogP contribution >= 0.6 is 27.5 Å². The quantitative estimate of drug-likeness (QED) is 0.819. The third-order valence-corrected chi connectivity index (χ3v) is 5.40. The number of likely N-dealkylation sites (N-methyl/N-ethyl adjacent to an activating group) is 1. The molecule has 1 N–H and O–H groups in total. The van der Waals surface area contributed by atoms with Crippen molar-refractivity contribution >= 4 is 43.5 Å². The fourth-order valence-electron chi connectivity index (χ4n) is 1.60. The fourth-order valence-corrected chi connectivity index (χ4v) is 4.10. The first-order chi connectivity index (χ1) is 9.32. The normalized spacial score (nSPS) is 11.7. The smallest absolute Gasteiger partial charge is 0.245 e. The maximum Gasteiger partial charge on any atom is 0.245 e. The predicted molar refractivity (Wildman–Crippen MR) is 82.3 cm³/mol. The van der Waals surface area contributed by atoms with Crippen LogP contribution in [0.25, 0.3) is 0 Å². The zero-order valence-corrected chi connectivity index (χ0v) is 14.3. The highest BCUT2D eigenvalue weighted by Crippen LogP contribution is 2.27. The number of benzene rings is 1. The van der Waals surface area contributed by atoms with Crippen LogP contribution in [-0.4, -0.2) is 38.8 Å². The lowest BCUT2D eigenvalue weighted by molar-refractivity contribution is -0.120. The standard InChI is InChI=1S/C12H16BrClN2O3S/c1-3-6-16(8-12(17)15-2)20(18,19)11-5-4-9(13)7-10(11)14/h4-5,7H,3,6,8H2,1-2H3,(H,15,17). The summed E-state index contributed by atoms with van der Waals surface area (Å²) < 4.78 is 26.9. The summed E-state index contributed by atoms with van der Waals surface area (Å²) in [6, 6.07) is 4.54. The minimum Gasteiger partial charge on any atom is -0.358 e. The van der Waals surface area contributed by atoms with Crippen molar-refractivity contribution in [2.45, 2.75) is 18.2 Å². The molecule has 20 heavy (non-hydrogen) atoms. The topological polar surface area (TPSA) is 66.5 Å². The van der Waals surface area contributed by atoms with E-state index in [2.05, 4.69) is 21.2 Å². The molecule has 0 aliphatic heterocycles. The summed E-state index contributed by atoms with van der Waals surface area (Å²) in [5, 5.41) is 2.54. The highest BCUT2D eigenvalue weighted by Gasteiger charge is 2.27. The zero-order chi connectivity index (χ0) is 15.3. The van der Waals surface area contributed by atoms with Crippen molar-refractivity contribution in [1.82, 2.24) is 9.62 Å². The first kappa shape index (κ1) is 17.4. The van der Waals surface area contributed by atoms with Crippen molar-refractivity contribution < 1.29 is 13.2 Å². The Balaban J connectivity index is 3.18. The van der Waals surface area contributed by atoms with Gasteiger partial charge in [-0.3, -0.25) is 4.79 Å². The molecule has 0 spiro atoms. The van der Waals surface area contributed by atoms with E-state index in [1.54, 1.807) is 6.07 Å². The Bertz CT molecular complexity index is 592. The van der Waals surface area contributed by atoms with Gasteiger partial charge in [0.15, 0.2) is 0 Å². The van der Waals surface area contributed by atoms with Crippen molar-refractivity contribution in [2.24, 2.45) is 0 Å². The molecule has 1 rings (SSSR count). The SMILES string of the molecule is CCCN(CC(=O)NC)S(=O)(=O)c1ccc(Br)cc1Cl. The number of carbonyl (C=O) groups excluding carboxylic acids is 1. The van der Waals surface area contributed by atoms with Gasteiger partial charge in [-0.1, -0.05) is 34.5 Å². The lowest BCUT2D eigenvalue weighted by Crippen LogP contribution is -2.40. The van der Waals surface area contributed by atoms with Gasteiger partial charge in [0.05, 0.1) is 11.6 Å². The average Bonchev–Trinajstić information content (AvgIpc) is 2.37. The number of amides is 1. The van der Waals surface area contributed by atoms with E-state index in [-0.39, 0.29) is 28.9 Å². The molecule has 0 heterocycles. The second kappa shape index (κ2) is 7.40. The van der Waals surface area contributed by atoms with E-state index in [4.69, 9.17) is 11.6 Å². The molecule has 0 radical (unpaired) electrons. The minimum absolute atomic E-state index is 0.000260. The van der Waals surface area contributed by atoms with Crippen LogP contribution in [0.4, 0.5) is 0 Å². The van der Waals surface area contributed by atoms with Gasteiger partial charge < -0.3 is 5.32 Å². The molecule has 0 bridgehead atoms. The summed E-state index contributed by atoms with van der Waals surface area (Å²) in [5.41, 5.74) is 0. The van der Waals surface area contributed by atoms with E-state index < -0.39 is 10.0 Å². The number of nitrogens with one attached hydrogen (secondary N) is 1. The Kier molecular flexibility index (Phi) is 6.44. The molecule has 0 unspecified atom stereocenters. The lowest BCUT2D eigenvalue weighted by Gasteiger charge is -2.21. The zero-order valence-electron chi connectivity index (χ0n) is 11.2. The molecule has 0 aliphatic carbocycles. The van der Waals surface area contributed by atoms with Crippen molar-refractivity contribution in [3.05, 3.63) is 27.7 Å². The molecular formula is C12H16BrClN2O3S. The van der Waals surface area contributed by atoms with Crippen LogP contribution in [0.15, 0.2) is 27.6 Å². The van der Waals surface area contributed by atoms with Gasteiger partial charge in [0.2, 0.25) is 15.9 Å². The van der Waals surface area contributed by atoms with Crippen molar-refractivity contribution in [3.8, 4) is 0 Å². The van der Waals surface area contributed by atoms with Gasteiger partial charge in [0.25, 0.3) is 0 Å². The average molecular weight is 384 g/mol. The summed E-state index contributed by atoms with van der Waals surface area (Å²) in [7, 11) is -2.33. The fraction of sp³-hybridized carbons (Fsp3) is 0.417. The van der Waals surface area contributed by atoms with E-state index in [1.165, 1.54) is 19.2 Å². The molecule has 8 heteroatoms. The van der Waals surface area contributed by atoms with E-state index in [1.807, 2.05) is 6.92 Å². The van der Waals surface area contributed by atoms with Crippen molar-refractivity contribution in [2.75, 3.05) is 20.1 Å². The first-order valence-corrected chi connectivity index (χ1v) is 8.59. The number of nitrogens with zero attached hydrogens (tertiary/aromatic N) is 1. The molecule has 0 saturated heterocycles. The number of halogens is 2. The summed E-state index contributed by atoms with van der Waals surface area (Å²) in [4.78, 5) is 11.5. The highest BCUT2D eigenvalue weighted by molar-refractivity contribution is 9.10. The molecule has 0 atom stereocenters. The van der Waals surface area contributed by atoms with Gasteiger partial charge in [-0.05, 0) is 24.6 Å². The molecule has 0 aromatic heterocycles. The van der Waals surface area contributed by atoms with E-state index in [9.17, 15) is 13.2 Å². The van der Waals surface area contributed by atoms with Gasteiger partial charge in [-0.15, -0.1) is 0 Å². The molecule has 5 nitrogen and oxygen atoms in total. The number of hydrogen-bond acceptors (Lipinski definition) is 3. The highest BCUT2D eigenvalue weighted by atomic mass is 79.9. The Labute approximate surface area is 132 Å². The van der Waals surface area contributed by atoms with Crippen molar-refractivity contribution in [3.63, 3.8) is 0 Å². The van der Waals surface area contributed by atoms with Gasteiger partial charge in [-0.25, -0.2) is 8.42 Å². The van der Waals surface area contributed by atoms with Crippen LogP contribution in [0.2, 0.25) is 5.02 Å². The largest absolute Gasteiger partial charge is 0.358 e. The molecular weight excluding hydrogens is 368 g/mol. The minimum atomic E-state index is -3.80. The second-order valence-electron chi connectivity index (χ2n) is 4.09. The van der Waals surface area contributed by atoms with Crippen LogP contribution in [0.1, 0.15) is 13.3 Å². The van der Waals surface area contributed by atoms with Gasteiger partial charge in [-0.2, -0.15) is 4.31 Å². The second-order valence-corrected chi connectivity index (χ2v) is 7.32. The summed E-state index contributed by atoms with van der Waals surface area (Å²) in [6.07, 6.45) is 0.602. The van der Waals surface area contributed by atoms with Gasteiger partial charge >= 0.3 is 0 Å². The maximum atomic E-state index is 12.6. The number of rotatable bonds is 6. The third kappa shape index (κ3) is 4.18. The summed E-state index contributed by atoms with van der Waals surface area (Å²) in [6.45, 7) is 1.87. The van der Waals surface area contributed by atoms with Crippen LogP contribution in [0.5, 0.6) is 0 Å². The summed E-state index contributed by atoms with van der Waals surface area (Å²) in [5.74, 6) is -0.366. The number of hydrogen-bond donors (Lipinski definition) is 1. The van der Waals surface area contributed by atoms with Crippen LogP contribution in [0, 0.1) is 0 Å². The van der Waals surface area contributed by atoms with E-state index in [0.717, 1.165) is 4.31 Å². The van der Waals surface area contributed by atoms with Gasteiger partial charge in [0.1, 0.15) is 4.90 Å². The molecule has 0 fully saturated rings. The van der Waals surface area contributed by atoms with E-state index >= 15 is 0 Å². The molecule has 1 amide bonds. The molecule has 0 saturated carbocycles. The van der Waals surface area contributed by atoms with Crippen LogP contribution < -0.4 is 5.32 Å². The lowest BCUT2D eigenvalue weighted by atomic mass is 10.4. The number of sulfonamides is 1. The molecule has 1 aromatic carbocycles. The monoisotopic (exact) mass is 382 g/mol. The van der Waals surface area contributed by atoms with Crippen LogP contribution in [0.3, 0.4) is 0 Å². The molecule has 1 aromatic rings. The Hall–Kier alpha value is -0.630. The Morgan fingerprint density at radius 2 is 2.10 bits per heavy atom. The maximum absolute atomic E-state index is 12.6. The predicted octanol–water partition coefficient (Wildman–Crippen LogP) is 2.25. The van der Waals surface area contributed by atoms with Crippen LogP contribution in [-0.2, 0) is 14.8 Å². The Morgan fingerprint density at radius 1 is 1.45 bits per heavy atom. The van der Waals surface area contributed by atoms with E-state index in [0.29, 0.717) is 10.9 Å². The summed E-state index contributed by atoms with van der Waals surface area (Å²) >= 11 is 9.22. The Morgan fingerprint density at radius 3 is 2.60 bits per heavy atom. The molecule has 112 valence electrons. The van der Waals surface area contributed by atoms with Crippen molar-refractivity contribution in [1.29, 1.82) is 0 Å². The first-order valence-electron chi connectivity index (χ1n) is 5.98. The number of carbonyl (C=O) groups is 1. The molecule has 0 aliphatic rings. The third-order valence-electron chi connectivity index (χ3n) is 2.58.